The van der Waals surface area contributed by atoms with Gasteiger partial charge >= 0.3 is 0 Å². The van der Waals surface area contributed by atoms with E-state index in [1.165, 1.54) is 238 Å². The Bertz CT molecular complexity index is 978. The first-order valence-electron chi connectivity index (χ1n) is 28.3. The lowest BCUT2D eigenvalue weighted by molar-refractivity contribution is -0.124. The number of aliphatic hydroxyl groups excluding tert-OH is 3. The summed E-state index contributed by atoms with van der Waals surface area (Å²) in [4.78, 5) is 12.5. The van der Waals surface area contributed by atoms with Crippen LogP contribution in [-0.2, 0) is 4.79 Å². The number of aliphatic hydroxyl groups is 3. The summed E-state index contributed by atoms with van der Waals surface area (Å²) in [5, 5.41) is 33.3. The molecular formula is C58H111NO4. The van der Waals surface area contributed by atoms with E-state index in [-0.39, 0.29) is 18.9 Å². The summed E-state index contributed by atoms with van der Waals surface area (Å²) >= 11 is 0. The first-order valence-corrected chi connectivity index (χ1v) is 28.3. The standard InChI is InChI=1S/C58H111NO4/c1-3-5-7-9-11-13-15-17-19-20-21-22-23-24-25-26-27-28-29-30-31-32-33-34-35-36-38-39-41-43-45-47-49-51-55(61)53-58(63)59-56(54-60)57(62)52-50-48-46-44-42-40-37-18-16-14-12-10-8-6-4-2/h16,18,42,44,50,52,55-57,60-62H,3-15,17,19-41,43,45-49,51,53-54H2,1-2H3,(H,59,63)/b18-16+,44-42+,52-50+. The second-order valence-corrected chi connectivity index (χ2v) is 19.5. The first-order chi connectivity index (χ1) is 31.0. The van der Waals surface area contributed by atoms with E-state index in [0.29, 0.717) is 6.42 Å². The van der Waals surface area contributed by atoms with E-state index in [2.05, 4.69) is 43.5 Å². The molecule has 0 saturated carbocycles. The number of carbonyl (C=O) groups excluding carboxylic acids is 1. The molecule has 5 heteroatoms. The molecule has 1 amide bonds. The van der Waals surface area contributed by atoms with Gasteiger partial charge in [0.25, 0.3) is 0 Å². The maximum Gasteiger partial charge on any atom is 0.222 e. The van der Waals surface area contributed by atoms with Gasteiger partial charge in [0.05, 0.1) is 31.3 Å². The average Bonchev–Trinajstić information content (AvgIpc) is 3.28. The molecule has 0 aromatic rings. The van der Waals surface area contributed by atoms with Gasteiger partial charge in [0, 0.05) is 0 Å². The Morgan fingerprint density at radius 3 is 1.02 bits per heavy atom. The third-order valence-corrected chi connectivity index (χ3v) is 13.2. The summed E-state index contributed by atoms with van der Waals surface area (Å²) in [6, 6.07) is -0.766. The number of carbonyl (C=O) groups is 1. The van der Waals surface area contributed by atoms with Crippen molar-refractivity contribution < 1.29 is 20.1 Å². The molecule has 0 aromatic carbocycles. The van der Waals surface area contributed by atoms with E-state index in [4.69, 9.17) is 0 Å². The number of hydrogen-bond donors (Lipinski definition) is 4. The number of unbranched alkanes of at least 4 members (excludes halogenated alkanes) is 39. The molecule has 4 N–H and O–H groups in total. The van der Waals surface area contributed by atoms with E-state index in [1.807, 2.05) is 6.08 Å². The lowest BCUT2D eigenvalue weighted by Gasteiger charge is -2.21. The first kappa shape index (κ1) is 61.6. The number of rotatable bonds is 52. The fourth-order valence-corrected chi connectivity index (χ4v) is 8.85. The van der Waals surface area contributed by atoms with Crippen molar-refractivity contribution in [2.75, 3.05) is 6.61 Å². The lowest BCUT2D eigenvalue weighted by Crippen LogP contribution is -2.45. The quantitative estimate of drug-likeness (QED) is 0.0362. The molecule has 3 atom stereocenters. The Morgan fingerprint density at radius 2 is 0.683 bits per heavy atom. The Labute approximate surface area is 394 Å². The lowest BCUT2D eigenvalue weighted by atomic mass is 10.0. The predicted octanol–water partition coefficient (Wildman–Crippen LogP) is 17.4. The summed E-state index contributed by atoms with van der Waals surface area (Å²) in [6.07, 6.45) is 69.2. The van der Waals surface area contributed by atoms with Crippen molar-refractivity contribution in [2.45, 2.75) is 321 Å². The molecule has 0 fully saturated rings. The summed E-state index contributed by atoms with van der Waals surface area (Å²) < 4.78 is 0. The van der Waals surface area contributed by atoms with Gasteiger partial charge in [-0.3, -0.25) is 4.79 Å². The Kier molecular flexibility index (Phi) is 52.0. The SMILES string of the molecule is CCCCCCC/C=C/CC/C=C/CC/C=C/C(O)C(CO)NC(=O)CC(O)CCCCCCCCCCCCCCCCCCCCCCCCCCCCCCCCCCC. The van der Waals surface area contributed by atoms with Crippen molar-refractivity contribution in [3.05, 3.63) is 36.5 Å². The molecule has 3 unspecified atom stereocenters. The zero-order valence-electron chi connectivity index (χ0n) is 42.5. The summed E-state index contributed by atoms with van der Waals surface area (Å²) in [6.45, 7) is 4.21. The molecule has 0 rings (SSSR count). The molecule has 5 nitrogen and oxygen atoms in total. The minimum absolute atomic E-state index is 0.00546. The van der Waals surface area contributed by atoms with Crippen molar-refractivity contribution in [3.8, 4) is 0 Å². The van der Waals surface area contributed by atoms with E-state index < -0.39 is 18.2 Å². The third kappa shape index (κ3) is 49.8. The number of amides is 1. The molecule has 0 aliphatic carbocycles. The van der Waals surface area contributed by atoms with Crippen LogP contribution in [0.1, 0.15) is 303 Å². The van der Waals surface area contributed by atoms with Crippen LogP contribution in [0.15, 0.2) is 36.5 Å². The molecule has 0 saturated heterocycles. The van der Waals surface area contributed by atoms with Crippen LogP contribution in [0.25, 0.3) is 0 Å². The van der Waals surface area contributed by atoms with Crippen molar-refractivity contribution >= 4 is 5.91 Å². The van der Waals surface area contributed by atoms with Crippen LogP contribution in [0.5, 0.6) is 0 Å². The zero-order valence-corrected chi connectivity index (χ0v) is 42.5. The topological polar surface area (TPSA) is 89.8 Å². The fourth-order valence-electron chi connectivity index (χ4n) is 8.85. The Hall–Kier alpha value is -1.43. The van der Waals surface area contributed by atoms with Crippen molar-refractivity contribution in [3.63, 3.8) is 0 Å². The molecule has 0 aliphatic heterocycles. The molecule has 0 aromatic heterocycles. The second kappa shape index (κ2) is 53.2. The van der Waals surface area contributed by atoms with Gasteiger partial charge in [-0.15, -0.1) is 0 Å². The van der Waals surface area contributed by atoms with Crippen LogP contribution in [0.3, 0.4) is 0 Å². The monoisotopic (exact) mass is 886 g/mol. The highest BCUT2D eigenvalue weighted by Gasteiger charge is 2.20. The normalized spacial score (nSPS) is 13.5. The van der Waals surface area contributed by atoms with Crippen LogP contribution < -0.4 is 5.32 Å². The minimum Gasteiger partial charge on any atom is -0.394 e. The van der Waals surface area contributed by atoms with Crippen molar-refractivity contribution in [1.29, 1.82) is 0 Å². The maximum absolute atomic E-state index is 12.5. The Balaban J connectivity index is 3.50. The predicted molar refractivity (Wildman–Crippen MR) is 278 cm³/mol. The maximum atomic E-state index is 12.5. The number of hydrogen-bond acceptors (Lipinski definition) is 4. The van der Waals surface area contributed by atoms with Crippen molar-refractivity contribution in [1.82, 2.24) is 5.32 Å². The van der Waals surface area contributed by atoms with Gasteiger partial charge in [-0.2, -0.15) is 0 Å². The van der Waals surface area contributed by atoms with Gasteiger partial charge < -0.3 is 20.6 Å². The van der Waals surface area contributed by atoms with E-state index in [0.717, 1.165) is 38.5 Å². The number of allylic oxidation sites excluding steroid dienone is 5. The van der Waals surface area contributed by atoms with Crippen LogP contribution in [0, 0.1) is 0 Å². The van der Waals surface area contributed by atoms with E-state index >= 15 is 0 Å². The number of nitrogens with one attached hydrogen (secondary N) is 1. The molecule has 0 radical (unpaired) electrons. The molecular weight excluding hydrogens is 775 g/mol. The highest BCUT2D eigenvalue weighted by atomic mass is 16.3. The van der Waals surface area contributed by atoms with Crippen LogP contribution in [-0.4, -0.2) is 46.1 Å². The van der Waals surface area contributed by atoms with Crippen LogP contribution in [0.4, 0.5) is 0 Å². The highest BCUT2D eigenvalue weighted by molar-refractivity contribution is 5.76. The average molecular weight is 887 g/mol. The Morgan fingerprint density at radius 1 is 0.397 bits per heavy atom. The van der Waals surface area contributed by atoms with E-state index in [1.54, 1.807) is 6.08 Å². The molecule has 0 aliphatic rings. The van der Waals surface area contributed by atoms with Gasteiger partial charge in [-0.1, -0.05) is 288 Å². The minimum atomic E-state index is -0.958. The van der Waals surface area contributed by atoms with Crippen LogP contribution >= 0.6 is 0 Å². The summed E-state index contributed by atoms with van der Waals surface area (Å²) in [7, 11) is 0. The van der Waals surface area contributed by atoms with Gasteiger partial charge in [-0.05, 0) is 44.9 Å². The van der Waals surface area contributed by atoms with Crippen LogP contribution in [0.2, 0.25) is 0 Å². The summed E-state index contributed by atoms with van der Waals surface area (Å²) in [5.41, 5.74) is 0. The fraction of sp³-hybridized carbons (Fsp3) is 0.879. The molecule has 372 valence electrons. The molecule has 63 heavy (non-hydrogen) atoms. The van der Waals surface area contributed by atoms with E-state index in [9.17, 15) is 20.1 Å². The highest BCUT2D eigenvalue weighted by Crippen LogP contribution is 2.18. The molecule has 0 spiro atoms. The largest absolute Gasteiger partial charge is 0.394 e. The van der Waals surface area contributed by atoms with Gasteiger partial charge in [0.2, 0.25) is 5.91 Å². The summed E-state index contributed by atoms with van der Waals surface area (Å²) in [5.74, 6) is -0.325. The third-order valence-electron chi connectivity index (χ3n) is 13.2. The smallest absolute Gasteiger partial charge is 0.222 e. The van der Waals surface area contributed by atoms with Gasteiger partial charge in [0.15, 0.2) is 0 Å². The zero-order chi connectivity index (χ0) is 45.8. The van der Waals surface area contributed by atoms with Crippen molar-refractivity contribution in [2.24, 2.45) is 0 Å². The van der Waals surface area contributed by atoms with Gasteiger partial charge in [-0.25, -0.2) is 0 Å². The van der Waals surface area contributed by atoms with Gasteiger partial charge in [0.1, 0.15) is 0 Å². The second-order valence-electron chi connectivity index (χ2n) is 19.5. The molecule has 0 bridgehead atoms. The molecule has 0 heterocycles.